The fourth-order valence-electron chi connectivity index (χ4n) is 1.97. The van der Waals surface area contributed by atoms with Crippen LogP contribution in [-0.2, 0) is 6.54 Å². The molecule has 21 heavy (non-hydrogen) atoms. The number of alkyl halides is 3. The first-order chi connectivity index (χ1) is 9.64. The van der Waals surface area contributed by atoms with Crippen LogP contribution in [0, 0.1) is 0 Å². The molecule has 0 unspecified atom stereocenters. The lowest BCUT2D eigenvalue weighted by Gasteiger charge is -2.28. The predicted octanol–water partition coefficient (Wildman–Crippen LogP) is 1.15. The van der Waals surface area contributed by atoms with E-state index < -0.39 is 19.8 Å². The average molecular weight is 305 g/mol. The van der Waals surface area contributed by atoms with Crippen molar-refractivity contribution < 1.29 is 28.0 Å². The lowest BCUT2D eigenvalue weighted by molar-refractivity contribution is -0.150. The van der Waals surface area contributed by atoms with Gasteiger partial charge in [-0.15, -0.1) is 0 Å². The van der Waals surface area contributed by atoms with Crippen molar-refractivity contribution in [3.8, 4) is 5.75 Å². The van der Waals surface area contributed by atoms with Crippen molar-refractivity contribution in [2.45, 2.75) is 32.6 Å². The highest BCUT2D eigenvalue weighted by Gasteiger charge is 2.32. The molecule has 0 aliphatic carbocycles. The molecule has 0 saturated heterocycles. The topological polar surface area (TPSA) is 52.9 Å². The van der Waals surface area contributed by atoms with Gasteiger partial charge in [-0.3, -0.25) is 4.90 Å². The van der Waals surface area contributed by atoms with Gasteiger partial charge >= 0.3 is 13.3 Å². The molecule has 0 saturated carbocycles. The molecule has 0 heterocycles. The molecule has 0 bridgehead atoms. The molecular weight excluding hydrogens is 286 g/mol. The molecule has 0 atom stereocenters. The summed E-state index contributed by atoms with van der Waals surface area (Å²) in [5, 5.41) is 18.7. The maximum absolute atomic E-state index is 12.6. The average Bonchev–Trinajstić information content (AvgIpc) is 2.35. The van der Waals surface area contributed by atoms with Crippen molar-refractivity contribution in [3.05, 3.63) is 23.8 Å². The van der Waals surface area contributed by atoms with Gasteiger partial charge in [0.1, 0.15) is 5.75 Å². The highest BCUT2D eigenvalue weighted by molar-refractivity contribution is 6.59. The molecule has 0 aromatic heterocycles. The Balaban J connectivity index is 3.06. The van der Waals surface area contributed by atoms with E-state index in [1.54, 1.807) is 13.8 Å². The van der Waals surface area contributed by atoms with Crippen LogP contribution in [-0.4, -0.2) is 47.9 Å². The summed E-state index contributed by atoms with van der Waals surface area (Å²) in [6, 6.07) is 4.13. The van der Waals surface area contributed by atoms with Gasteiger partial charge in [0.15, 0.2) is 0 Å². The molecule has 0 amide bonds. The molecule has 118 valence electrons. The van der Waals surface area contributed by atoms with Gasteiger partial charge in [-0.2, -0.15) is 13.2 Å². The van der Waals surface area contributed by atoms with Crippen molar-refractivity contribution in [2.24, 2.45) is 0 Å². The lowest BCUT2D eigenvalue weighted by atomic mass is 9.76. The quantitative estimate of drug-likeness (QED) is 0.774. The van der Waals surface area contributed by atoms with Gasteiger partial charge in [0.05, 0.1) is 13.7 Å². The van der Waals surface area contributed by atoms with Gasteiger partial charge in [0, 0.05) is 12.6 Å². The van der Waals surface area contributed by atoms with Crippen molar-refractivity contribution in [3.63, 3.8) is 0 Å². The fourth-order valence-corrected chi connectivity index (χ4v) is 1.97. The van der Waals surface area contributed by atoms with Crippen LogP contribution < -0.4 is 10.2 Å². The highest BCUT2D eigenvalue weighted by Crippen LogP contribution is 2.21. The van der Waals surface area contributed by atoms with Crippen LogP contribution in [0.25, 0.3) is 0 Å². The normalized spacial score (nSPS) is 12.1. The summed E-state index contributed by atoms with van der Waals surface area (Å²) in [5.41, 5.74) is 0.561. The van der Waals surface area contributed by atoms with Crippen LogP contribution >= 0.6 is 0 Å². The van der Waals surface area contributed by atoms with Crippen molar-refractivity contribution >= 4 is 12.6 Å². The highest BCUT2D eigenvalue weighted by atomic mass is 19.4. The first-order valence-corrected chi connectivity index (χ1v) is 6.47. The van der Waals surface area contributed by atoms with Gasteiger partial charge in [-0.1, -0.05) is 6.07 Å². The minimum absolute atomic E-state index is 0.0542. The Labute approximate surface area is 122 Å². The third-order valence-electron chi connectivity index (χ3n) is 3.11. The second kappa shape index (κ2) is 7.15. The molecule has 1 rings (SSSR count). The van der Waals surface area contributed by atoms with E-state index in [0.717, 1.165) is 0 Å². The minimum atomic E-state index is -4.32. The van der Waals surface area contributed by atoms with Crippen LogP contribution in [0.15, 0.2) is 18.2 Å². The maximum atomic E-state index is 12.6. The molecule has 0 aliphatic heterocycles. The zero-order chi connectivity index (χ0) is 16.2. The number of hydrogen-bond donors (Lipinski definition) is 2. The second-order valence-electron chi connectivity index (χ2n) is 5.05. The summed E-state index contributed by atoms with van der Waals surface area (Å²) < 4.78 is 42.9. The van der Waals surface area contributed by atoms with E-state index in [-0.39, 0.29) is 18.0 Å². The van der Waals surface area contributed by atoms with Gasteiger partial charge in [0.25, 0.3) is 0 Å². The molecule has 8 heteroatoms. The van der Waals surface area contributed by atoms with Gasteiger partial charge in [-0.05, 0) is 37.0 Å². The number of benzene rings is 1. The first kappa shape index (κ1) is 17.8. The Hall–Kier alpha value is -1.25. The predicted molar refractivity (Wildman–Crippen MR) is 74.4 cm³/mol. The van der Waals surface area contributed by atoms with Gasteiger partial charge in [-0.25, -0.2) is 0 Å². The van der Waals surface area contributed by atoms with Crippen LogP contribution in [0.1, 0.15) is 19.4 Å². The molecule has 2 N–H and O–H groups in total. The number of ether oxygens (including phenoxy) is 1. The van der Waals surface area contributed by atoms with Crippen LogP contribution in [0.5, 0.6) is 5.75 Å². The number of nitrogens with zero attached hydrogens (tertiary/aromatic N) is 1. The molecule has 0 radical (unpaired) electrons. The van der Waals surface area contributed by atoms with E-state index in [2.05, 4.69) is 0 Å². The fraction of sp³-hybridized carbons (Fsp3) is 0.538. The Kier molecular flexibility index (Phi) is 6.06. The molecule has 1 aromatic carbocycles. The Morgan fingerprint density at radius 2 is 1.90 bits per heavy atom. The lowest BCUT2D eigenvalue weighted by Crippen LogP contribution is -2.41. The monoisotopic (exact) mass is 305 g/mol. The summed E-state index contributed by atoms with van der Waals surface area (Å²) >= 11 is 0. The molecule has 4 nitrogen and oxygen atoms in total. The number of halogens is 3. The van der Waals surface area contributed by atoms with E-state index in [9.17, 15) is 23.2 Å². The minimum Gasteiger partial charge on any atom is -0.497 e. The van der Waals surface area contributed by atoms with E-state index in [1.165, 1.54) is 30.2 Å². The zero-order valence-corrected chi connectivity index (χ0v) is 12.2. The first-order valence-electron chi connectivity index (χ1n) is 6.47. The molecule has 0 fully saturated rings. The van der Waals surface area contributed by atoms with Crippen molar-refractivity contribution in [1.82, 2.24) is 4.90 Å². The standard InChI is InChI=1S/C13H19BF3NO3/c1-9(2)18(8-13(15,16)17)7-10-6-11(21-3)4-5-12(10)14(19)20/h4-6,9,19-20H,7-8H2,1-3H3. The summed E-state index contributed by atoms with van der Waals surface area (Å²) in [5.74, 6) is 0.449. The number of methoxy groups -OCH3 is 1. The zero-order valence-electron chi connectivity index (χ0n) is 12.2. The summed E-state index contributed by atoms with van der Waals surface area (Å²) in [6.07, 6.45) is -4.32. The van der Waals surface area contributed by atoms with Crippen LogP contribution in [0.3, 0.4) is 0 Å². The van der Waals surface area contributed by atoms with Crippen LogP contribution in [0.4, 0.5) is 13.2 Å². The molecule has 1 aromatic rings. The SMILES string of the molecule is COc1ccc(B(O)O)c(CN(CC(F)(F)F)C(C)C)c1. The van der Waals surface area contributed by atoms with E-state index in [0.29, 0.717) is 11.3 Å². The Morgan fingerprint density at radius 3 is 2.33 bits per heavy atom. The molecular formula is C13H19BF3NO3. The van der Waals surface area contributed by atoms with Crippen molar-refractivity contribution in [1.29, 1.82) is 0 Å². The van der Waals surface area contributed by atoms with Gasteiger partial charge in [0.2, 0.25) is 0 Å². The molecule has 0 spiro atoms. The Morgan fingerprint density at radius 1 is 1.29 bits per heavy atom. The second-order valence-corrected chi connectivity index (χ2v) is 5.05. The third-order valence-corrected chi connectivity index (χ3v) is 3.11. The van der Waals surface area contributed by atoms with Gasteiger partial charge < -0.3 is 14.8 Å². The third kappa shape index (κ3) is 5.57. The summed E-state index contributed by atoms with van der Waals surface area (Å²) in [7, 11) is -0.310. The van der Waals surface area contributed by atoms with E-state index in [4.69, 9.17) is 4.74 Å². The van der Waals surface area contributed by atoms with Crippen molar-refractivity contribution in [2.75, 3.05) is 13.7 Å². The largest absolute Gasteiger partial charge is 0.497 e. The van der Waals surface area contributed by atoms with E-state index in [1.807, 2.05) is 0 Å². The molecule has 0 aliphatic rings. The number of rotatable bonds is 6. The summed E-state index contributed by atoms with van der Waals surface area (Å²) in [4.78, 5) is 1.21. The smallest absolute Gasteiger partial charge is 0.488 e. The maximum Gasteiger partial charge on any atom is 0.488 e. The van der Waals surface area contributed by atoms with E-state index >= 15 is 0 Å². The Bertz CT molecular complexity index is 466. The number of hydrogen-bond acceptors (Lipinski definition) is 4. The summed E-state index contributed by atoms with van der Waals surface area (Å²) in [6.45, 7) is 2.19. The van der Waals surface area contributed by atoms with Crippen LogP contribution in [0.2, 0.25) is 0 Å².